The summed E-state index contributed by atoms with van der Waals surface area (Å²) >= 11 is 0. The number of nitrogens with one attached hydrogen (secondary N) is 3. The maximum Gasteiger partial charge on any atom is 0.159 e. The van der Waals surface area contributed by atoms with Gasteiger partial charge in [0, 0.05) is 40.8 Å². The Labute approximate surface area is 149 Å². The highest BCUT2D eigenvalue weighted by molar-refractivity contribution is 6.04. The van der Waals surface area contributed by atoms with E-state index < -0.39 is 0 Å². The lowest BCUT2D eigenvalue weighted by Crippen LogP contribution is -2.16. The molecule has 128 valence electrons. The molecule has 0 aromatic carbocycles. The predicted octanol–water partition coefficient (Wildman–Crippen LogP) is 3.45. The van der Waals surface area contributed by atoms with Crippen LogP contribution in [-0.2, 0) is 0 Å². The quantitative estimate of drug-likeness (QED) is 0.528. The van der Waals surface area contributed by atoms with E-state index in [0.29, 0.717) is 17.5 Å². The smallest absolute Gasteiger partial charge is 0.159 e. The topological polar surface area (TPSA) is 106 Å². The first-order chi connectivity index (χ1) is 12.8. The van der Waals surface area contributed by atoms with Gasteiger partial charge in [-0.2, -0.15) is 5.26 Å². The lowest BCUT2D eigenvalue weighted by Gasteiger charge is -2.14. The highest BCUT2D eigenvalue weighted by atomic mass is 15.1. The summed E-state index contributed by atoms with van der Waals surface area (Å²) in [6, 6.07) is 8.16. The summed E-state index contributed by atoms with van der Waals surface area (Å²) < 4.78 is 0. The molecule has 1 saturated carbocycles. The number of aromatic amines is 2. The largest absolute Gasteiger partial charge is 0.367 e. The van der Waals surface area contributed by atoms with Crippen LogP contribution in [0.15, 0.2) is 36.8 Å². The molecule has 3 N–H and O–H groups in total. The number of pyridine rings is 2. The molecule has 7 heteroatoms. The van der Waals surface area contributed by atoms with Crippen molar-refractivity contribution in [3.8, 4) is 6.07 Å². The van der Waals surface area contributed by atoms with E-state index >= 15 is 0 Å². The van der Waals surface area contributed by atoms with Crippen LogP contribution in [0.2, 0.25) is 0 Å². The number of fused-ring (bicyclic) bond motifs is 3. The molecule has 1 aliphatic carbocycles. The van der Waals surface area contributed by atoms with Gasteiger partial charge in [0.05, 0.1) is 17.3 Å². The Balaban J connectivity index is 1.39. The highest BCUT2D eigenvalue weighted by Gasteiger charge is 2.29. The number of hydrogen-bond acceptors (Lipinski definition) is 5. The number of H-pyrrole nitrogens is 2. The SMILES string of the molecule is N#Cc1ccc(N[C@H]2CC[C@H](c3[nH][nH]c4cnc5nccc5c34)C2)nc1. The van der Waals surface area contributed by atoms with Gasteiger partial charge >= 0.3 is 0 Å². The summed E-state index contributed by atoms with van der Waals surface area (Å²) in [5, 5.41) is 21.3. The Bertz CT molecular complexity index is 1120. The highest BCUT2D eigenvalue weighted by Crippen LogP contribution is 2.39. The van der Waals surface area contributed by atoms with E-state index in [2.05, 4.69) is 36.5 Å². The first-order valence-corrected chi connectivity index (χ1v) is 8.74. The fourth-order valence-corrected chi connectivity index (χ4v) is 3.98. The fraction of sp³-hybridized carbons (Fsp3) is 0.263. The summed E-state index contributed by atoms with van der Waals surface area (Å²) in [4.78, 5) is 13.0. The molecule has 2 atom stereocenters. The van der Waals surface area contributed by atoms with Gasteiger partial charge in [-0.25, -0.2) is 15.0 Å². The minimum absolute atomic E-state index is 0.369. The van der Waals surface area contributed by atoms with Crippen LogP contribution in [0.4, 0.5) is 5.82 Å². The number of anilines is 1. The molecule has 26 heavy (non-hydrogen) atoms. The third kappa shape index (κ3) is 2.39. The van der Waals surface area contributed by atoms with Gasteiger partial charge in [-0.05, 0) is 37.5 Å². The monoisotopic (exact) mass is 343 g/mol. The average Bonchev–Trinajstić information content (AvgIpc) is 3.40. The van der Waals surface area contributed by atoms with Crippen molar-refractivity contribution in [3.63, 3.8) is 0 Å². The molecule has 0 saturated heterocycles. The van der Waals surface area contributed by atoms with Gasteiger partial charge in [0.25, 0.3) is 0 Å². The van der Waals surface area contributed by atoms with Crippen LogP contribution >= 0.6 is 0 Å². The molecule has 4 heterocycles. The zero-order valence-electron chi connectivity index (χ0n) is 14.0. The molecule has 1 aliphatic rings. The first-order valence-electron chi connectivity index (χ1n) is 8.74. The minimum atomic E-state index is 0.369. The van der Waals surface area contributed by atoms with Gasteiger partial charge in [0.1, 0.15) is 11.9 Å². The molecule has 0 radical (unpaired) electrons. The van der Waals surface area contributed by atoms with Crippen molar-refractivity contribution in [2.45, 2.75) is 31.2 Å². The van der Waals surface area contributed by atoms with Crippen LogP contribution in [0, 0.1) is 11.3 Å². The van der Waals surface area contributed by atoms with E-state index in [0.717, 1.165) is 41.6 Å². The van der Waals surface area contributed by atoms with Crippen molar-refractivity contribution in [2.75, 3.05) is 5.32 Å². The Kier molecular flexibility index (Phi) is 3.35. The van der Waals surface area contributed by atoms with Crippen molar-refractivity contribution in [2.24, 2.45) is 0 Å². The van der Waals surface area contributed by atoms with Gasteiger partial charge in [0.15, 0.2) is 5.65 Å². The van der Waals surface area contributed by atoms with Gasteiger partial charge in [0.2, 0.25) is 0 Å². The third-order valence-electron chi connectivity index (χ3n) is 5.22. The first kappa shape index (κ1) is 14.9. The van der Waals surface area contributed by atoms with E-state index in [1.54, 1.807) is 12.3 Å². The second-order valence-electron chi connectivity index (χ2n) is 6.79. The van der Waals surface area contributed by atoms with Crippen LogP contribution < -0.4 is 5.32 Å². The van der Waals surface area contributed by atoms with Gasteiger partial charge in [-0.15, -0.1) is 0 Å². The number of aromatic nitrogens is 5. The average molecular weight is 343 g/mol. The lowest BCUT2D eigenvalue weighted by molar-refractivity contribution is 0.682. The standard InChI is InChI=1S/C19H17N7/c20-8-11-1-4-16(22-9-11)24-13-3-2-12(7-13)18-17-14-5-6-21-19(14)23-10-15(17)25-26-18/h1,4-6,9-10,12-13,25-26H,2-3,7H2,(H,22,24)/t12-,13-/m0/s1. The van der Waals surface area contributed by atoms with Crippen LogP contribution in [0.3, 0.4) is 0 Å². The molecule has 0 unspecified atom stereocenters. The second-order valence-corrected chi connectivity index (χ2v) is 6.79. The molecule has 0 aliphatic heterocycles. The molecule has 0 amide bonds. The summed E-state index contributed by atoms with van der Waals surface area (Å²) in [6.07, 6.45) is 8.48. The van der Waals surface area contributed by atoms with Crippen molar-refractivity contribution in [1.82, 2.24) is 25.1 Å². The van der Waals surface area contributed by atoms with Gasteiger partial charge in [-0.3, -0.25) is 5.10 Å². The molecule has 4 aromatic rings. The number of nitriles is 1. The number of nitrogens with zero attached hydrogens (tertiary/aromatic N) is 4. The van der Waals surface area contributed by atoms with Crippen LogP contribution in [0.25, 0.3) is 21.9 Å². The van der Waals surface area contributed by atoms with Gasteiger partial charge < -0.3 is 10.4 Å². The summed E-state index contributed by atoms with van der Waals surface area (Å²) in [7, 11) is 0. The van der Waals surface area contributed by atoms with E-state index in [1.165, 1.54) is 11.1 Å². The maximum absolute atomic E-state index is 8.87. The van der Waals surface area contributed by atoms with Crippen LogP contribution in [0.1, 0.15) is 36.4 Å². The van der Waals surface area contributed by atoms with Crippen molar-refractivity contribution in [1.29, 1.82) is 5.26 Å². The molecule has 4 aromatic heterocycles. The fourth-order valence-electron chi connectivity index (χ4n) is 3.98. The Morgan fingerprint density at radius 3 is 2.88 bits per heavy atom. The van der Waals surface area contributed by atoms with Crippen molar-refractivity contribution < 1.29 is 0 Å². The molecular weight excluding hydrogens is 326 g/mol. The number of hydrogen-bond donors (Lipinski definition) is 3. The Hall–Kier alpha value is -3.40. The lowest BCUT2D eigenvalue weighted by atomic mass is 9.99. The van der Waals surface area contributed by atoms with E-state index in [1.807, 2.05) is 24.5 Å². The normalized spacial score (nSPS) is 19.8. The summed E-state index contributed by atoms with van der Waals surface area (Å²) in [5.41, 5.74) is 3.62. The zero-order valence-corrected chi connectivity index (χ0v) is 14.0. The maximum atomic E-state index is 8.87. The summed E-state index contributed by atoms with van der Waals surface area (Å²) in [5.74, 6) is 1.27. The molecule has 1 fully saturated rings. The Morgan fingerprint density at radius 2 is 2.04 bits per heavy atom. The molecule has 0 bridgehead atoms. The molecule has 7 nitrogen and oxygen atoms in total. The van der Waals surface area contributed by atoms with E-state index in [9.17, 15) is 0 Å². The molecular formula is C19H17N7. The van der Waals surface area contributed by atoms with Crippen molar-refractivity contribution in [3.05, 3.63) is 48.0 Å². The van der Waals surface area contributed by atoms with Crippen LogP contribution in [-0.4, -0.2) is 31.2 Å². The second kappa shape index (κ2) is 5.85. The molecule has 5 rings (SSSR count). The van der Waals surface area contributed by atoms with Gasteiger partial charge in [-0.1, -0.05) is 0 Å². The van der Waals surface area contributed by atoms with Crippen LogP contribution in [0.5, 0.6) is 0 Å². The molecule has 0 spiro atoms. The van der Waals surface area contributed by atoms with E-state index in [-0.39, 0.29) is 0 Å². The van der Waals surface area contributed by atoms with E-state index in [4.69, 9.17) is 5.26 Å². The Morgan fingerprint density at radius 1 is 1.08 bits per heavy atom. The van der Waals surface area contributed by atoms with Crippen molar-refractivity contribution >= 4 is 27.8 Å². The predicted molar refractivity (Wildman–Crippen MR) is 98.7 cm³/mol. The summed E-state index contributed by atoms with van der Waals surface area (Å²) in [6.45, 7) is 0. The third-order valence-corrected chi connectivity index (χ3v) is 5.22. The minimum Gasteiger partial charge on any atom is -0.367 e. The number of rotatable bonds is 3. The zero-order chi connectivity index (χ0) is 17.5.